The summed E-state index contributed by atoms with van der Waals surface area (Å²) in [6.07, 6.45) is -0.212. The number of rotatable bonds is 4. The smallest absolute Gasteiger partial charge is 0.347 e. The van der Waals surface area contributed by atoms with Crippen molar-refractivity contribution in [2.75, 3.05) is 7.11 Å². The summed E-state index contributed by atoms with van der Waals surface area (Å²) in [4.78, 5) is 23.7. The Kier molecular flexibility index (Phi) is 4.02. The van der Waals surface area contributed by atoms with Crippen molar-refractivity contribution in [3.8, 4) is 5.75 Å². The minimum Gasteiger partial charge on any atom is -0.479 e. The molecule has 118 valence electrons. The summed E-state index contributed by atoms with van der Waals surface area (Å²) in [7, 11) is 1.32. The van der Waals surface area contributed by atoms with E-state index >= 15 is 0 Å². The minimum absolute atomic E-state index is 0.398. The predicted octanol–water partition coefficient (Wildman–Crippen LogP) is 3.28. The largest absolute Gasteiger partial charge is 0.479 e. The summed E-state index contributed by atoms with van der Waals surface area (Å²) < 4.78 is 15.7. The maximum Gasteiger partial charge on any atom is 0.347 e. The van der Waals surface area contributed by atoms with E-state index in [2.05, 4.69) is 0 Å². The predicted molar refractivity (Wildman–Crippen MR) is 86.7 cm³/mol. The van der Waals surface area contributed by atoms with E-state index in [4.69, 9.17) is 13.9 Å². The molecule has 0 radical (unpaired) electrons. The van der Waals surface area contributed by atoms with Crippen LogP contribution in [0.15, 0.2) is 51.7 Å². The molecule has 5 nitrogen and oxygen atoms in total. The molecular weight excluding hydrogens is 296 g/mol. The summed E-state index contributed by atoms with van der Waals surface area (Å²) in [5, 5.41) is 2.18. The quantitative estimate of drug-likeness (QED) is 0.420. The lowest BCUT2D eigenvalue weighted by molar-refractivity contribution is -0.148. The van der Waals surface area contributed by atoms with E-state index in [0.29, 0.717) is 23.1 Å². The van der Waals surface area contributed by atoms with Gasteiger partial charge in [-0.05, 0) is 30.0 Å². The molecule has 0 bridgehead atoms. The topological polar surface area (TPSA) is 65.7 Å². The van der Waals surface area contributed by atoms with Crippen molar-refractivity contribution in [2.45, 2.75) is 19.4 Å². The molecule has 0 amide bonds. The van der Waals surface area contributed by atoms with Crippen molar-refractivity contribution in [1.82, 2.24) is 0 Å². The van der Waals surface area contributed by atoms with Gasteiger partial charge in [-0.1, -0.05) is 25.1 Å². The number of fused-ring (bicyclic) bond motifs is 3. The van der Waals surface area contributed by atoms with Crippen molar-refractivity contribution in [3.63, 3.8) is 0 Å². The van der Waals surface area contributed by atoms with Gasteiger partial charge in [0.15, 0.2) is 6.10 Å². The van der Waals surface area contributed by atoms with E-state index in [1.165, 1.54) is 7.11 Å². The number of methoxy groups -OCH3 is 1. The van der Waals surface area contributed by atoms with Crippen molar-refractivity contribution >= 4 is 27.7 Å². The first-order valence-electron chi connectivity index (χ1n) is 7.34. The van der Waals surface area contributed by atoms with Crippen LogP contribution in [0, 0.1) is 0 Å². The Morgan fingerprint density at radius 3 is 2.57 bits per heavy atom. The first-order valence-corrected chi connectivity index (χ1v) is 7.34. The highest BCUT2D eigenvalue weighted by molar-refractivity contribution is 6.04. The molecule has 0 N–H and O–H groups in total. The highest BCUT2D eigenvalue weighted by atomic mass is 16.6. The second-order valence-corrected chi connectivity index (χ2v) is 5.13. The molecule has 2 aromatic carbocycles. The molecule has 23 heavy (non-hydrogen) atoms. The number of esters is 1. The molecule has 0 aliphatic rings. The van der Waals surface area contributed by atoms with Gasteiger partial charge in [-0.2, -0.15) is 0 Å². The molecule has 0 saturated carbocycles. The van der Waals surface area contributed by atoms with E-state index < -0.39 is 17.7 Å². The third-order valence-electron chi connectivity index (χ3n) is 3.71. The summed E-state index contributed by atoms with van der Waals surface area (Å²) in [6, 6.07) is 12.5. The van der Waals surface area contributed by atoms with Gasteiger partial charge in [-0.15, -0.1) is 0 Å². The van der Waals surface area contributed by atoms with Gasteiger partial charge >= 0.3 is 11.6 Å². The highest BCUT2D eigenvalue weighted by Crippen LogP contribution is 2.27. The van der Waals surface area contributed by atoms with Gasteiger partial charge in [-0.3, -0.25) is 0 Å². The van der Waals surface area contributed by atoms with Crippen LogP contribution in [-0.2, 0) is 9.53 Å². The van der Waals surface area contributed by atoms with E-state index in [1.54, 1.807) is 24.3 Å². The molecule has 0 spiro atoms. The molecule has 1 unspecified atom stereocenters. The van der Waals surface area contributed by atoms with Crippen molar-refractivity contribution in [2.24, 2.45) is 0 Å². The number of ether oxygens (including phenoxy) is 2. The van der Waals surface area contributed by atoms with Crippen LogP contribution < -0.4 is 10.4 Å². The Balaban J connectivity index is 2.07. The molecule has 3 aromatic rings. The Labute approximate surface area is 132 Å². The summed E-state index contributed by atoms with van der Waals surface area (Å²) in [6.45, 7) is 1.83. The number of benzene rings is 2. The Morgan fingerprint density at radius 2 is 1.87 bits per heavy atom. The zero-order valence-corrected chi connectivity index (χ0v) is 12.9. The molecule has 0 aliphatic carbocycles. The molecule has 0 aliphatic heterocycles. The third kappa shape index (κ3) is 2.77. The van der Waals surface area contributed by atoms with E-state index in [9.17, 15) is 9.59 Å². The first-order chi connectivity index (χ1) is 11.1. The molecule has 0 fully saturated rings. The van der Waals surface area contributed by atoms with Crippen LogP contribution in [0.4, 0.5) is 0 Å². The van der Waals surface area contributed by atoms with Gasteiger partial charge in [0.05, 0.1) is 12.5 Å². The summed E-state index contributed by atoms with van der Waals surface area (Å²) in [5.74, 6) is 0.0146. The SMILES string of the molecule is CCC(Oc1ccc2c(c1)oc(=O)c1ccccc12)C(=O)OC. The Morgan fingerprint density at radius 1 is 1.13 bits per heavy atom. The van der Waals surface area contributed by atoms with Crippen LogP contribution in [0.2, 0.25) is 0 Å². The van der Waals surface area contributed by atoms with Crippen molar-refractivity contribution in [1.29, 1.82) is 0 Å². The van der Waals surface area contributed by atoms with E-state index in [1.807, 2.05) is 25.1 Å². The molecule has 0 saturated heterocycles. The van der Waals surface area contributed by atoms with Gasteiger partial charge < -0.3 is 13.9 Å². The summed E-state index contributed by atoms with van der Waals surface area (Å²) in [5.41, 5.74) is 0.0242. The number of carbonyl (C=O) groups excluding carboxylic acids is 1. The first kappa shape index (κ1) is 15.1. The fourth-order valence-corrected chi connectivity index (χ4v) is 2.53. The van der Waals surface area contributed by atoms with Crippen LogP contribution in [0.3, 0.4) is 0 Å². The number of hydrogen-bond acceptors (Lipinski definition) is 5. The second kappa shape index (κ2) is 6.12. The maximum absolute atomic E-state index is 12.1. The average molecular weight is 312 g/mol. The Bertz CT molecular complexity index is 925. The van der Waals surface area contributed by atoms with Gasteiger partial charge in [0.1, 0.15) is 11.3 Å². The van der Waals surface area contributed by atoms with Crippen LogP contribution in [-0.4, -0.2) is 19.2 Å². The molecular formula is C18H16O5. The molecule has 1 aromatic heterocycles. The zero-order valence-electron chi connectivity index (χ0n) is 12.9. The highest BCUT2D eigenvalue weighted by Gasteiger charge is 2.19. The Hall–Kier alpha value is -2.82. The standard InChI is InChI=1S/C18H16O5/c1-3-15(18(20)21-2)22-11-8-9-13-12-6-4-5-7-14(12)17(19)23-16(13)10-11/h4-10,15H,3H2,1-2H3. The van der Waals surface area contributed by atoms with Gasteiger partial charge in [0.25, 0.3) is 0 Å². The van der Waals surface area contributed by atoms with Crippen LogP contribution in [0.5, 0.6) is 5.75 Å². The number of hydrogen-bond donors (Lipinski definition) is 0. The average Bonchev–Trinajstić information content (AvgIpc) is 2.59. The second-order valence-electron chi connectivity index (χ2n) is 5.13. The lowest BCUT2D eigenvalue weighted by atomic mass is 10.1. The fourth-order valence-electron chi connectivity index (χ4n) is 2.53. The lowest BCUT2D eigenvalue weighted by Crippen LogP contribution is -2.27. The summed E-state index contributed by atoms with van der Waals surface area (Å²) >= 11 is 0. The molecule has 5 heteroatoms. The monoisotopic (exact) mass is 312 g/mol. The van der Waals surface area contributed by atoms with E-state index in [0.717, 1.165) is 10.8 Å². The maximum atomic E-state index is 12.1. The third-order valence-corrected chi connectivity index (χ3v) is 3.71. The zero-order chi connectivity index (χ0) is 16.4. The van der Waals surface area contributed by atoms with Crippen molar-refractivity contribution < 1.29 is 18.7 Å². The fraction of sp³-hybridized carbons (Fsp3) is 0.222. The van der Waals surface area contributed by atoms with Crippen LogP contribution >= 0.6 is 0 Å². The minimum atomic E-state index is -0.690. The van der Waals surface area contributed by atoms with Crippen LogP contribution in [0.1, 0.15) is 13.3 Å². The molecule has 1 heterocycles. The lowest BCUT2D eigenvalue weighted by Gasteiger charge is -2.15. The molecule has 3 rings (SSSR count). The van der Waals surface area contributed by atoms with Crippen LogP contribution in [0.25, 0.3) is 21.7 Å². The van der Waals surface area contributed by atoms with E-state index in [-0.39, 0.29) is 0 Å². The number of carbonyl (C=O) groups is 1. The van der Waals surface area contributed by atoms with Gasteiger partial charge in [0, 0.05) is 11.5 Å². The van der Waals surface area contributed by atoms with Gasteiger partial charge in [0.2, 0.25) is 0 Å². The molecule has 1 atom stereocenters. The van der Waals surface area contributed by atoms with Crippen molar-refractivity contribution in [3.05, 3.63) is 52.9 Å². The van der Waals surface area contributed by atoms with Gasteiger partial charge in [-0.25, -0.2) is 9.59 Å². The normalized spacial score (nSPS) is 12.3.